The van der Waals surface area contributed by atoms with Crippen LogP contribution in [-0.4, -0.2) is 44.4 Å². The number of nitrogens with zero attached hydrogens (tertiary/aromatic N) is 3. The Labute approximate surface area is 143 Å². The molecule has 0 aliphatic carbocycles. The minimum absolute atomic E-state index is 0.151. The van der Waals surface area contributed by atoms with E-state index in [1.165, 1.54) is 6.08 Å². The lowest BCUT2D eigenvalue weighted by atomic mass is 10.1. The lowest BCUT2D eigenvalue weighted by Gasteiger charge is -2.27. The van der Waals surface area contributed by atoms with Crippen molar-refractivity contribution in [2.75, 3.05) is 13.1 Å². The van der Waals surface area contributed by atoms with Crippen molar-refractivity contribution in [2.24, 2.45) is 5.92 Å². The van der Waals surface area contributed by atoms with Gasteiger partial charge in [-0.15, -0.1) is 0 Å². The largest absolute Gasteiger partial charge is 0.389 e. The van der Waals surface area contributed by atoms with Gasteiger partial charge in [-0.1, -0.05) is 25.4 Å². The van der Waals surface area contributed by atoms with E-state index >= 15 is 0 Å². The highest BCUT2D eigenvalue weighted by atomic mass is 35.5. The second-order valence-corrected chi connectivity index (χ2v) is 7.22. The molecule has 1 heterocycles. The summed E-state index contributed by atoms with van der Waals surface area (Å²) in [5.74, 6) is 0.286. The number of aromatic nitrogens is 2. The van der Waals surface area contributed by atoms with Crippen LogP contribution in [-0.2, 0) is 11.3 Å². The van der Waals surface area contributed by atoms with Gasteiger partial charge < -0.3 is 10.0 Å². The third kappa shape index (κ3) is 5.99. The first-order valence-electron chi connectivity index (χ1n) is 7.97. The molecule has 0 atom stereocenters. The zero-order valence-corrected chi connectivity index (χ0v) is 15.7. The zero-order valence-electron chi connectivity index (χ0n) is 14.9. The van der Waals surface area contributed by atoms with Crippen LogP contribution in [0, 0.1) is 12.8 Å². The van der Waals surface area contributed by atoms with E-state index in [9.17, 15) is 9.90 Å². The van der Waals surface area contributed by atoms with E-state index in [0.29, 0.717) is 17.6 Å². The molecule has 1 N–H and O–H groups in total. The van der Waals surface area contributed by atoms with Crippen LogP contribution in [0.3, 0.4) is 0 Å². The number of rotatable bonds is 7. The van der Waals surface area contributed by atoms with E-state index in [-0.39, 0.29) is 12.5 Å². The molecule has 0 saturated carbocycles. The summed E-state index contributed by atoms with van der Waals surface area (Å²) in [6.45, 7) is 12.9. The van der Waals surface area contributed by atoms with Gasteiger partial charge in [0.05, 0.1) is 11.3 Å². The van der Waals surface area contributed by atoms with Gasteiger partial charge in [-0.3, -0.25) is 9.48 Å². The normalized spacial score (nSPS) is 12.4. The molecule has 0 aliphatic heterocycles. The summed E-state index contributed by atoms with van der Waals surface area (Å²) in [5.41, 5.74) is 0.639. The highest BCUT2D eigenvalue weighted by Crippen LogP contribution is 2.22. The van der Waals surface area contributed by atoms with Gasteiger partial charge in [0, 0.05) is 31.3 Å². The van der Waals surface area contributed by atoms with Crippen LogP contribution < -0.4 is 0 Å². The summed E-state index contributed by atoms with van der Waals surface area (Å²) in [6.07, 6.45) is 3.20. The molecule has 130 valence electrons. The van der Waals surface area contributed by atoms with Gasteiger partial charge in [0.2, 0.25) is 5.91 Å². The summed E-state index contributed by atoms with van der Waals surface area (Å²) >= 11 is 6.36. The van der Waals surface area contributed by atoms with E-state index in [2.05, 4.69) is 18.9 Å². The Morgan fingerprint density at radius 2 is 2.09 bits per heavy atom. The number of amides is 1. The maximum atomic E-state index is 12.3. The smallest absolute Gasteiger partial charge is 0.246 e. The average molecular weight is 342 g/mol. The summed E-state index contributed by atoms with van der Waals surface area (Å²) in [5, 5.41) is 14.8. The molecular weight excluding hydrogens is 314 g/mol. The summed E-state index contributed by atoms with van der Waals surface area (Å²) in [4.78, 5) is 13.9. The predicted octanol–water partition coefficient (Wildman–Crippen LogP) is 3.13. The van der Waals surface area contributed by atoms with Gasteiger partial charge >= 0.3 is 0 Å². The zero-order chi connectivity index (χ0) is 17.8. The Kier molecular flexibility index (Phi) is 6.84. The Hall–Kier alpha value is -1.33. The van der Waals surface area contributed by atoms with Crippen molar-refractivity contribution in [3.63, 3.8) is 0 Å². The molecule has 0 bridgehead atoms. The fourth-order valence-electron chi connectivity index (χ4n) is 2.30. The van der Waals surface area contributed by atoms with Crippen LogP contribution in [0.5, 0.6) is 0 Å². The van der Waals surface area contributed by atoms with Crippen LogP contribution in [0.2, 0.25) is 5.15 Å². The molecule has 6 heteroatoms. The van der Waals surface area contributed by atoms with E-state index in [1.807, 2.05) is 13.8 Å². The molecule has 5 nitrogen and oxygen atoms in total. The van der Waals surface area contributed by atoms with Gasteiger partial charge in [-0.25, -0.2) is 0 Å². The van der Waals surface area contributed by atoms with Crippen molar-refractivity contribution < 1.29 is 9.90 Å². The van der Waals surface area contributed by atoms with Gasteiger partial charge in [-0.05, 0) is 39.7 Å². The van der Waals surface area contributed by atoms with Gasteiger partial charge in [0.15, 0.2) is 0 Å². The molecule has 0 spiro atoms. The lowest BCUT2D eigenvalue weighted by molar-refractivity contribution is -0.128. The highest BCUT2D eigenvalue weighted by Gasteiger charge is 2.20. The lowest BCUT2D eigenvalue weighted by Crippen LogP contribution is -2.41. The van der Waals surface area contributed by atoms with E-state index in [4.69, 9.17) is 11.6 Å². The predicted molar refractivity (Wildman–Crippen MR) is 94.4 cm³/mol. The molecule has 0 aliphatic rings. The fraction of sp³-hybridized carbons (Fsp3) is 0.647. The second-order valence-electron chi connectivity index (χ2n) is 6.86. The number of likely N-dealkylation sites (N-methyl/N-ethyl adjacent to an activating group) is 1. The third-order valence-corrected chi connectivity index (χ3v) is 3.71. The number of aliphatic hydroxyl groups is 1. The molecule has 0 fully saturated rings. The fourth-order valence-corrected chi connectivity index (χ4v) is 2.60. The van der Waals surface area contributed by atoms with Crippen molar-refractivity contribution >= 4 is 23.6 Å². The van der Waals surface area contributed by atoms with E-state index in [1.54, 1.807) is 29.5 Å². The summed E-state index contributed by atoms with van der Waals surface area (Å²) < 4.78 is 1.76. The van der Waals surface area contributed by atoms with Gasteiger partial charge in [-0.2, -0.15) is 5.10 Å². The van der Waals surface area contributed by atoms with Crippen molar-refractivity contribution in [1.29, 1.82) is 0 Å². The number of hydrogen-bond donors (Lipinski definition) is 1. The number of carbonyl (C=O) groups excluding carboxylic acids is 1. The third-order valence-electron chi connectivity index (χ3n) is 3.31. The molecule has 0 unspecified atom stereocenters. The molecule has 0 aromatic carbocycles. The van der Waals surface area contributed by atoms with E-state index in [0.717, 1.165) is 17.8 Å². The summed E-state index contributed by atoms with van der Waals surface area (Å²) in [7, 11) is 0. The number of halogens is 1. The standard InChI is InChI=1S/C17H28ClN3O2/c1-7-20(11-17(5,6)23)15(22)9-8-14-13(4)19-21(16(14)18)10-12(2)3/h8-9,12,23H,7,10-11H2,1-6H3. The molecule has 1 amide bonds. The van der Waals surface area contributed by atoms with Gasteiger partial charge in [0.1, 0.15) is 5.15 Å². The van der Waals surface area contributed by atoms with Crippen LogP contribution in [0.25, 0.3) is 6.08 Å². The topological polar surface area (TPSA) is 58.4 Å². The Bertz CT molecular complexity index is 571. The van der Waals surface area contributed by atoms with Crippen LogP contribution >= 0.6 is 11.6 Å². The molecular formula is C17H28ClN3O2. The SMILES string of the molecule is CCN(CC(C)(C)O)C(=O)C=Cc1c(C)nn(CC(C)C)c1Cl. The second kappa shape index (κ2) is 7.97. The van der Waals surface area contributed by atoms with Crippen molar-refractivity contribution in [1.82, 2.24) is 14.7 Å². The first kappa shape index (κ1) is 19.7. The molecule has 0 saturated heterocycles. The first-order valence-corrected chi connectivity index (χ1v) is 8.35. The number of hydrogen-bond acceptors (Lipinski definition) is 3. The molecule has 23 heavy (non-hydrogen) atoms. The van der Waals surface area contributed by atoms with Crippen LogP contribution in [0.15, 0.2) is 6.08 Å². The van der Waals surface area contributed by atoms with Crippen molar-refractivity contribution in [3.8, 4) is 0 Å². The molecule has 1 aromatic heterocycles. The molecule has 1 rings (SSSR count). The minimum atomic E-state index is -0.921. The van der Waals surface area contributed by atoms with Crippen molar-refractivity contribution in [2.45, 2.75) is 53.7 Å². The Balaban J connectivity index is 2.92. The number of aryl methyl sites for hydroxylation is 1. The quantitative estimate of drug-likeness (QED) is 0.775. The molecule has 0 radical (unpaired) electrons. The molecule has 1 aromatic rings. The van der Waals surface area contributed by atoms with E-state index < -0.39 is 5.60 Å². The van der Waals surface area contributed by atoms with Crippen molar-refractivity contribution in [3.05, 3.63) is 22.5 Å². The maximum Gasteiger partial charge on any atom is 0.246 e. The average Bonchev–Trinajstić information content (AvgIpc) is 2.66. The Morgan fingerprint density at radius 3 is 2.57 bits per heavy atom. The maximum absolute atomic E-state index is 12.3. The summed E-state index contributed by atoms with van der Waals surface area (Å²) in [6, 6.07) is 0. The minimum Gasteiger partial charge on any atom is -0.389 e. The van der Waals surface area contributed by atoms with Crippen LogP contribution in [0.1, 0.15) is 45.9 Å². The first-order chi connectivity index (χ1) is 10.5. The Morgan fingerprint density at radius 1 is 1.48 bits per heavy atom. The monoisotopic (exact) mass is 341 g/mol. The van der Waals surface area contributed by atoms with Crippen LogP contribution in [0.4, 0.5) is 0 Å². The number of carbonyl (C=O) groups is 1. The van der Waals surface area contributed by atoms with Gasteiger partial charge in [0.25, 0.3) is 0 Å². The highest BCUT2D eigenvalue weighted by molar-refractivity contribution is 6.31.